The van der Waals surface area contributed by atoms with Gasteiger partial charge in [-0.25, -0.2) is 4.79 Å². The van der Waals surface area contributed by atoms with E-state index in [9.17, 15) is 14.7 Å². The highest BCUT2D eigenvalue weighted by atomic mass is 16.6. The summed E-state index contributed by atoms with van der Waals surface area (Å²) in [6.07, 6.45) is -1.05. The lowest BCUT2D eigenvalue weighted by atomic mass is 9.94. The topological polar surface area (TPSA) is 93.1 Å². The van der Waals surface area contributed by atoms with E-state index in [1.54, 1.807) is 0 Å². The van der Waals surface area contributed by atoms with Crippen LogP contribution in [0.2, 0.25) is 0 Å². The first-order valence-electron chi connectivity index (χ1n) is 5.42. The van der Waals surface area contributed by atoms with Gasteiger partial charge in [0, 0.05) is 12.8 Å². The van der Waals surface area contributed by atoms with E-state index < -0.39 is 30.3 Å². The maximum Gasteiger partial charge on any atom is 0.345 e. The Kier molecular flexibility index (Phi) is 3.17. The van der Waals surface area contributed by atoms with Gasteiger partial charge in [-0.05, 0) is 24.0 Å². The Labute approximate surface area is 97.8 Å². The van der Waals surface area contributed by atoms with Gasteiger partial charge in [0.2, 0.25) is 6.10 Å². The normalized spacial score (nSPS) is 29.1. The average Bonchev–Trinajstić information content (AvgIpc) is 2.78. The molecule has 3 atom stereocenters. The zero-order valence-electron chi connectivity index (χ0n) is 9.38. The molecule has 0 aromatic carbocycles. The Morgan fingerprint density at radius 3 is 2.82 bits per heavy atom. The van der Waals surface area contributed by atoms with E-state index in [0.717, 1.165) is 5.57 Å². The molecule has 94 valence electrons. The molecule has 0 radical (unpaired) electrons. The van der Waals surface area contributed by atoms with Crippen LogP contribution in [0.25, 0.3) is 0 Å². The average molecular weight is 242 g/mol. The van der Waals surface area contributed by atoms with Crippen molar-refractivity contribution in [2.24, 2.45) is 5.92 Å². The van der Waals surface area contributed by atoms with Gasteiger partial charge < -0.3 is 19.7 Å². The van der Waals surface area contributed by atoms with Crippen LogP contribution in [0.3, 0.4) is 0 Å². The van der Waals surface area contributed by atoms with Crippen molar-refractivity contribution in [3.05, 3.63) is 11.1 Å². The number of carbonyl (C=O) groups is 2. The maximum absolute atomic E-state index is 11.1. The molecule has 1 heterocycles. The summed E-state index contributed by atoms with van der Waals surface area (Å²) in [5.41, 5.74) is 1.51. The third-order valence-corrected chi connectivity index (χ3v) is 3.15. The summed E-state index contributed by atoms with van der Waals surface area (Å²) in [4.78, 5) is 22.0. The van der Waals surface area contributed by atoms with Crippen LogP contribution in [-0.4, -0.2) is 41.2 Å². The molecule has 0 aromatic rings. The minimum atomic E-state index is -1.24. The highest BCUT2D eigenvalue weighted by Gasteiger charge is 2.43. The Morgan fingerprint density at radius 1 is 1.53 bits per heavy atom. The minimum absolute atomic E-state index is 0.333. The number of hydrogen-bond acceptors (Lipinski definition) is 5. The van der Waals surface area contributed by atoms with Crippen molar-refractivity contribution in [3.8, 4) is 0 Å². The van der Waals surface area contributed by atoms with Crippen LogP contribution in [0.4, 0.5) is 0 Å². The van der Waals surface area contributed by atoms with Gasteiger partial charge in [0.15, 0.2) is 6.29 Å². The van der Waals surface area contributed by atoms with Crippen LogP contribution >= 0.6 is 0 Å². The molecule has 0 bridgehead atoms. The van der Waals surface area contributed by atoms with Crippen molar-refractivity contribution >= 4 is 11.9 Å². The van der Waals surface area contributed by atoms with Crippen molar-refractivity contribution in [1.82, 2.24) is 0 Å². The summed E-state index contributed by atoms with van der Waals surface area (Å²) >= 11 is 0. The van der Waals surface area contributed by atoms with Crippen LogP contribution in [-0.2, 0) is 19.1 Å². The van der Waals surface area contributed by atoms with Gasteiger partial charge >= 0.3 is 11.9 Å². The molecule has 1 aliphatic carbocycles. The van der Waals surface area contributed by atoms with Gasteiger partial charge in [-0.3, -0.25) is 4.79 Å². The van der Waals surface area contributed by atoms with Crippen molar-refractivity contribution in [2.45, 2.75) is 32.2 Å². The minimum Gasteiger partial charge on any atom is -0.478 e. The lowest BCUT2D eigenvalue weighted by Gasteiger charge is -2.23. The molecule has 0 saturated heterocycles. The summed E-state index contributed by atoms with van der Waals surface area (Å²) in [6, 6.07) is 0. The molecular formula is C11H14O6. The summed E-state index contributed by atoms with van der Waals surface area (Å²) in [6.45, 7) is 1.50. The number of carbonyl (C=O) groups excluding carboxylic acids is 1. The highest BCUT2D eigenvalue weighted by molar-refractivity contribution is 5.78. The predicted molar refractivity (Wildman–Crippen MR) is 54.9 cm³/mol. The molecule has 1 aliphatic heterocycles. The third-order valence-electron chi connectivity index (χ3n) is 3.15. The maximum atomic E-state index is 11.1. The van der Waals surface area contributed by atoms with Gasteiger partial charge in [0.05, 0.1) is 6.61 Å². The molecule has 0 spiro atoms. The van der Waals surface area contributed by atoms with Crippen LogP contribution in [0.1, 0.15) is 19.8 Å². The van der Waals surface area contributed by atoms with Gasteiger partial charge in [0.1, 0.15) is 0 Å². The Morgan fingerprint density at radius 2 is 2.24 bits per heavy atom. The van der Waals surface area contributed by atoms with Crippen molar-refractivity contribution in [1.29, 1.82) is 0 Å². The van der Waals surface area contributed by atoms with Gasteiger partial charge in [0.25, 0.3) is 0 Å². The Hall–Kier alpha value is -1.40. The van der Waals surface area contributed by atoms with E-state index in [-0.39, 0.29) is 0 Å². The third kappa shape index (κ3) is 2.18. The largest absolute Gasteiger partial charge is 0.478 e. The van der Waals surface area contributed by atoms with Crippen LogP contribution < -0.4 is 0 Å². The molecule has 0 amide bonds. The van der Waals surface area contributed by atoms with E-state index in [0.29, 0.717) is 25.0 Å². The second-order valence-electron chi connectivity index (χ2n) is 4.24. The SMILES string of the molecule is CC(=O)OC(C(=O)O)C1CCC2=C1C(O)OC2. The van der Waals surface area contributed by atoms with E-state index in [4.69, 9.17) is 14.6 Å². The van der Waals surface area contributed by atoms with Gasteiger partial charge in [-0.1, -0.05) is 0 Å². The van der Waals surface area contributed by atoms with Crippen LogP contribution in [0.15, 0.2) is 11.1 Å². The van der Waals surface area contributed by atoms with Gasteiger partial charge in [-0.2, -0.15) is 0 Å². The van der Waals surface area contributed by atoms with E-state index in [1.165, 1.54) is 6.92 Å². The molecule has 2 N–H and O–H groups in total. The highest BCUT2D eigenvalue weighted by Crippen LogP contribution is 2.41. The number of carboxylic acids is 1. The fourth-order valence-electron chi connectivity index (χ4n) is 2.47. The zero-order chi connectivity index (χ0) is 12.6. The van der Waals surface area contributed by atoms with Crippen molar-refractivity contribution in [2.75, 3.05) is 6.61 Å². The molecule has 17 heavy (non-hydrogen) atoms. The first kappa shape index (κ1) is 12.1. The number of esters is 1. The zero-order valence-corrected chi connectivity index (χ0v) is 9.38. The van der Waals surface area contributed by atoms with Crippen molar-refractivity contribution in [3.63, 3.8) is 0 Å². The summed E-state index contributed by atoms with van der Waals surface area (Å²) in [5, 5.41) is 18.7. The molecule has 0 saturated carbocycles. The lowest BCUT2D eigenvalue weighted by Crippen LogP contribution is -2.36. The number of rotatable bonds is 3. The van der Waals surface area contributed by atoms with Crippen LogP contribution in [0.5, 0.6) is 0 Å². The number of aliphatic hydroxyl groups excluding tert-OH is 1. The number of hydrogen-bond donors (Lipinski definition) is 2. The molecule has 3 unspecified atom stereocenters. The first-order valence-corrected chi connectivity index (χ1v) is 5.42. The molecule has 6 nitrogen and oxygen atoms in total. The standard InChI is InChI=1S/C11H14O6/c1-5(12)17-9(10(13)14)7-3-2-6-4-16-11(15)8(6)7/h7,9,11,15H,2-4H2,1H3,(H,13,14). The number of aliphatic carboxylic acids is 1. The number of carboxylic acid groups (broad SMARTS) is 1. The van der Waals surface area contributed by atoms with E-state index in [1.807, 2.05) is 0 Å². The van der Waals surface area contributed by atoms with Crippen LogP contribution in [0, 0.1) is 5.92 Å². The Bertz CT molecular complexity index is 385. The molecule has 0 fully saturated rings. The number of aliphatic hydroxyl groups is 1. The summed E-state index contributed by atoms with van der Waals surface area (Å²) in [7, 11) is 0. The second kappa shape index (κ2) is 4.46. The van der Waals surface area contributed by atoms with E-state index in [2.05, 4.69) is 0 Å². The quantitative estimate of drug-likeness (QED) is 0.537. The fraction of sp³-hybridized carbons (Fsp3) is 0.636. The Balaban J connectivity index is 2.20. The smallest absolute Gasteiger partial charge is 0.345 e. The molecule has 2 aliphatic rings. The molecule has 6 heteroatoms. The predicted octanol–water partition coefficient (Wildman–Crippen LogP) is 0.0579. The number of ether oxygens (including phenoxy) is 2. The summed E-state index contributed by atoms with van der Waals surface area (Å²) < 4.78 is 9.85. The molecule has 2 rings (SSSR count). The fourth-order valence-corrected chi connectivity index (χ4v) is 2.47. The van der Waals surface area contributed by atoms with Crippen molar-refractivity contribution < 1.29 is 29.3 Å². The summed E-state index contributed by atoms with van der Waals surface area (Å²) in [5.74, 6) is -2.32. The van der Waals surface area contributed by atoms with E-state index >= 15 is 0 Å². The monoisotopic (exact) mass is 242 g/mol. The second-order valence-corrected chi connectivity index (χ2v) is 4.24. The molecule has 0 aromatic heterocycles. The first-order chi connectivity index (χ1) is 8.00. The molecular weight excluding hydrogens is 228 g/mol. The lowest BCUT2D eigenvalue weighted by molar-refractivity contribution is -0.166. The van der Waals surface area contributed by atoms with Gasteiger partial charge in [-0.15, -0.1) is 0 Å².